The van der Waals surface area contributed by atoms with Gasteiger partial charge in [0.05, 0.1) is 11.5 Å². The fraction of sp³-hybridized carbons (Fsp3) is 0.500. The molecule has 0 saturated heterocycles. The number of ether oxygens (including phenoxy) is 1. The van der Waals surface area contributed by atoms with Crippen molar-refractivity contribution in [3.05, 3.63) is 41.3 Å². The molecule has 1 aromatic rings. The van der Waals surface area contributed by atoms with Crippen LogP contribution in [0.15, 0.2) is 35.7 Å². The van der Waals surface area contributed by atoms with Gasteiger partial charge in [0.15, 0.2) is 5.88 Å². The highest BCUT2D eigenvalue weighted by Crippen LogP contribution is 2.49. The van der Waals surface area contributed by atoms with Crippen molar-refractivity contribution in [3.8, 4) is 6.07 Å². The van der Waals surface area contributed by atoms with E-state index < -0.39 is 0 Å². The summed E-state index contributed by atoms with van der Waals surface area (Å²) in [5.74, 6) is -0.358. The molecular weight excluding hydrogens is 314 g/mol. The van der Waals surface area contributed by atoms with Gasteiger partial charge in [0, 0.05) is 32.1 Å². The Morgan fingerprint density at radius 1 is 1.28 bits per heavy atom. The molecule has 3 atom stereocenters. The van der Waals surface area contributed by atoms with Crippen molar-refractivity contribution in [1.82, 2.24) is 0 Å². The van der Waals surface area contributed by atoms with E-state index in [1.165, 1.54) is 0 Å². The topological polar surface area (TPSA) is 79.3 Å². The third-order valence-electron chi connectivity index (χ3n) is 5.28. The van der Waals surface area contributed by atoms with E-state index in [2.05, 4.69) is 19.9 Å². The van der Waals surface area contributed by atoms with Crippen LogP contribution >= 0.6 is 0 Å². The molecular formula is C20H25N3O2. The van der Waals surface area contributed by atoms with Crippen LogP contribution in [0.4, 0.5) is 5.69 Å². The lowest BCUT2D eigenvalue weighted by Crippen LogP contribution is -2.48. The highest BCUT2D eigenvalue weighted by atomic mass is 16.5. The largest absolute Gasteiger partial charge is 0.474 e. The van der Waals surface area contributed by atoms with E-state index in [9.17, 15) is 10.1 Å². The number of nitrogens with zero attached hydrogens (tertiary/aromatic N) is 2. The molecule has 1 aliphatic heterocycles. The van der Waals surface area contributed by atoms with E-state index in [4.69, 9.17) is 10.5 Å². The number of anilines is 1. The number of nitrogens with two attached hydrogens (primary N) is 1. The molecule has 1 saturated carbocycles. The third kappa shape index (κ3) is 3.09. The molecule has 3 unspecified atom stereocenters. The molecule has 1 aliphatic carbocycles. The quantitative estimate of drug-likeness (QED) is 0.896. The lowest BCUT2D eigenvalue weighted by atomic mass is 9.63. The zero-order valence-corrected chi connectivity index (χ0v) is 15.2. The minimum absolute atomic E-state index is 0.109. The molecule has 0 aromatic heterocycles. The molecule has 5 nitrogen and oxygen atoms in total. The Kier molecular flexibility index (Phi) is 4.24. The molecule has 1 fully saturated rings. The van der Waals surface area contributed by atoms with Crippen LogP contribution in [0.25, 0.3) is 0 Å². The van der Waals surface area contributed by atoms with Gasteiger partial charge in [0.2, 0.25) is 0 Å². The lowest BCUT2D eigenvalue weighted by Gasteiger charge is -2.45. The summed E-state index contributed by atoms with van der Waals surface area (Å²) in [6.07, 6.45) is 0.990. The first-order valence-electron chi connectivity index (χ1n) is 8.60. The van der Waals surface area contributed by atoms with Crippen LogP contribution in [0, 0.1) is 22.7 Å². The van der Waals surface area contributed by atoms with Crippen molar-refractivity contribution in [2.24, 2.45) is 17.1 Å². The molecule has 25 heavy (non-hydrogen) atoms. The molecule has 132 valence electrons. The number of hydrogen-bond donors (Lipinski definition) is 1. The third-order valence-corrected chi connectivity index (χ3v) is 5.28. The second-order valence-corrected chi connectivity index (χ2v) is 8.05. The number of hydrogen-bond acceptors (Lipinski definition) is 5. The van der Waals surface area contributed by atoms with E-state index in [1.54, 1.807) is 0 Å². The monoisotopic (exact) mass is 339 g/mol. The average molecular weight is 339 g/mol. The summed E-state index contributed by atoms with van der Waals surface area (Å²) < 4.78 is 5.82. The van der Waals surface area contributed by atoms with E-state index in [-0.39, 0.29) is 35.0 Å². The maximum absolute atomic E-state index is 12.9. The van der Waals surface area contributed by atoms with E-state index >= 15 is 0 Å². The summed E-state index contributed by atoms with van der Waals surface area (Å²) in [7, 11) is 3.95. The van der Waals surface area contributed by atoms with Gasteiger partial charge in [-0.3, -0.25) is 4.79 Å². The minimum Gasteiger partial charge on any atom is -0.474 e. The van der Waals surface area contributed by atoms with Crippen molar-refractivity contribution < 1.29 is 9.53 Å². The molecule has 0 spiro atoms. The molecule has 1 aromatic carbocycles. The Bertz CT molecular complexity index is 756. The molecule has 0 radical (unpaired) electrons. The number of carbonyl (C=O) groups is 1. The smallest absolute Gasteiger partial charge is 0.199 e. The Balaban J connectivity index is 2.06. The van der Waals surface area contributed by atoms with E-state index in [1.807, 2.05) is 43.3 Å². The van der Waals surface area contributed by atoms with Crippen molar-refractivity contribution in [2.75, 3.05) is 19.0 Å². The minimum atomic E-state index is -0.347. The number of benzene rings is 1. The molecule has 3 rings (SSSR count). The van der Waals surface area contributed by atoms with Gasteiger partial charge in [0.25, 0.3) is 0 Å². The van der Waals surface area contributed by atoms with Crippen LogP contribution in [-0.2, 0) is 9.53 Å². The molecule has 1 heterocycles. The second kappa shape index (κ2) is 6.11. The first-order chi connectivity index (χ1) is 11.7. The molecule has 0 bridgehead atoms. The van der Waals surface area contributed by atoms with Gasteiger partial charge in [-0.25, -0.2) is 0 Å². The molecule has 2 N–H and O–H groups in total. The number of allylic oxidation sites excluding steroid dienone is 1. The zero-order chi connectivity index (χ0) is 18.4. The van der Waals surface area contributed by atoms with Crippen molar-refractivity contribution in [2.45, 2.75) is 38.7 Å². The highest BCUT2D eigenvalue weighted by molar-refractivity contribution is 5.85. The fourth-order valence-corrected chi connectivity index (χ4v) is 4.09. The van der Waals surface area contributed by atoms with Crippen molar-refractivity contribution in [1.29, 1.82) is 5.26 Å². The summed E-state index contributed by atoms with van der Waals surface area (Å²) in [6, 6.07) is 10.2. The summed E-state index contributed by atoms with van der Waals surface area (Å²) in [5.41, 5.74) is 8.32. The van der Waals surface area contributed by atoms with Gasteiger partial charge in [0.1, 0.15) is 18.0 Å². The van der Waals surface area contributed by atoms with Crippen molar-refractivity contribution in [3.63, 3.8) is 0 Å². The van der Waals surface area contributed by atoms with Crippen LogP contribution in [0.2, 0.25) is 0 Å². The predicted molar refractivity (Wildman–Crippen MR) is 96.7 cm³/mol. The van der Waals surface area contributed by atoms with Crippen molar-refractivity contribution >= 4 is 11.5 Å². The number of Topliss-reactive ketones (excluding diaryl/α,β-unsaturated/α-hetero) is 1. The number of ketones is 1. The maximum Gasteiger partial charge on any atom is 0.199 e. The van der Waals surface area contributed by atoms with Crippen LogP contribution in [-0.4, -0.2) is 26.0 Å². The van der Waals surface area contributed by atoms with Gasteiger partial charge in [-0.05, 0) is 29.5 Å². The summed E-state index contributed by atoms with van der Waals surface area (Å²) in [5, 5.41) is 9.63. The zero-order valence-electron chi connectivity index (χ0n) is 15.2. The van der Waals surface area contributed by atoms with Gasteiger partial charge < -0.3 is 15.4 Å². The fourth-order valence-electron chi connectivity index (χ4n) is 4.09. The van der Waals surface area contributed by atoms with Crippen LogP contribution in [0.3, 0.4) is 0 Å². The van der Waals surface area contributed by atoms with E-state index in [0.29, 0.717) is 12.0 Å². The summed E-state index contributed by atoms with van der Waals surface area (Å²) in [4.78, 5) is 14.9. The van der Waals surface area contributed by atoms with Crippen LogP contribution < -0.4 is 10.6 Å². The predicted octanol–water partition coefficient (Wildman–Crippen LogP) is 2.93. The Morgan fingerprint density at radius 2 is 1.92 bits per heavy atom. The van der Waals surface area contributed by atoms with Gasteiger partial charge >= 0.3 is 0 Å². The number of fused-ring (bicyclic) bond motifs is 1. The molecule has 5 heteroatoms. The lowest BCUT2D eigenvalue weighted by molar-refractivity contribution is -0.138. The number of carbonyl (C=O) groups excluding carboxylic acids is 1. The Hall–Kier alpha value is -2.48. The standard InChI is InChI=1S/C20H25N3O2/c1-20(2)9-15(24)18-16(10-20)25-19(22)14(11-21)17(18)12-5-7-13(8-6-12)23(3)4/h5-8,16-18H,9-10,22H2,1-4H3. The number of nitriles is 1. The van der Waals surface area contributed by atoms with Gasteiger partial charge in [-0.15, -0.1) is 0 Å². The summed E-state index contributed by atoms with van der Waals surface area (Å²) in [6.45, 7) is 4.15. The Labute approximate surface area is 149 Å². The van der Waals surface area contributed by atoms with Gasteiger partial charge in [-0.2, -0.15) is 5.26 Å². The van der Waals surface area contributed by atoms with Crippen LogP contribution in [0.5, 0.6) is 0 Å². The molecule has 0 amide bonds. The maximum atomic E-state index is 12.9. The second-order valence-electron chi connectivity index (χ2n) is 8.05. The normalized spacial score (nSPS) is 28.0. The van der Waals surface area contributed by atoms with Crippen LogP contribution in [0.1, 0.15) is 38.2 Å². The first kappa shape index (κ1) is 17.3. The van der Waals surface area contributed by atoms with Gasteiger partial charge in [-0.1, -0.05) is 26.0 Å². The molecule has 2 aliphatic rings. The first-order valence-corrected chi connectivity index (χ1v) is 8.60. The number of rotatable bonds is 2. The SMILES string of the molecule is CN(C)c1ccc(C2C(C#N)=C(N)OC3CC(C)(C)CC(=O)C32)cc1. The average Bonchev–Trinajstić information content (AvgIpc) is 2.52. The Morgan fingerprint density at radius 3 is 2.48 bits per heavy atom. The van der Waals surface area contributed by atoms with E-state index in [0.717, 1.165) is 17.7 Å². The summed E-state index contributed by atoms with van der Waals surface area (Å²) >= 11 is 0. The highest BCUT2D eigenvalue weighted by Gasteiger charge is 2.50.